The summed E-state index contributed by atoms with van der Waals surface area (Å²) in [5.74, 6) is -1.23. The summed E-state index contributed by atoms with van der Waals surface area (Å²) in [6, 6.07) is 13.9. The van der Waals surface area contributed by atoms with Crippen LogP contribution in [0.1, 0.15) is 43.5 Å². The summed E-state index contributed by atoms with van der Waals surface area (Å²) in [4.78, 5) is 40.7. The third kappa shape index (κ3) is 7.89. The molecule has 0 fully saturated rings. The van der Waals surface area contributed by atoms with Crippen molar-refractivity contribution in [2.24, 2.45) is 0 Å². The van der Waals surface area contributed by atoms with Gasteiger partial charge in [-0.1, -0.05) is 49.1 Å². The van der Waals surface area contributed by atoms with Crippen LogP contribution in [0.5, 0.6) is 0 Å². The minimum Gasteiger partial charge on any atom is -0.444 e. The van der Waals surface area contributed by atoms with Crippen molar-refractivity contribution < 1.29 is 19.1 Å². The molecule has 36 heavy (non-hydrogen) atoms. The molecule has 190 valence electrons. The third-order valence-corrected chi connectivity index (χ3v) is 5.49. The van der Waals surface area contributed by atoms with Crippen molar-refractivity contribution in [3.8, 4) is 6.07 Å². The summed E-state index contributed by atoms with van der Waals surface area (Å²) in [7, 11) is 0. The van der Waals surface area contributed by atoms with E-state index < -0.39 is 42.1 Å². The molecule has 0 saturated carbocycles. The first-order valence-electron chi connectivity index (χ1n) is 11.4. The van der Waals surface area contributed by atoms with E-state index >= 15 is 0 Å². The number of amides is 3. The molecular formula is C27H32N4O4S. The number of thiol groups is 1. The lowest BCUT2D eigenvalue weighted by Crippen LogP contribution is -2.53. The summed E-state index contributed by atoms with van der Waals surface area (Å²) in [5.41, 5.74) is 1.86. The van der Waals surface area contributed by atoms with Crippen molar-refractivity contribution >= 4 is 42.3 Å². The topological polar surface area (TPSA) is 112 Å². The van der Waals surface area contributed by atoms with Gasteiger partial charge in [0, 0.05) is 11.4 Å². The number of aryl methyl sites for hydroxylation is 1. The van der Waals surface area contributed by atoms with Gasteiger partial charge in [-0.05, 0) is 56.5 Å². The minimum atomic E-state index is -1.17. The number of nitrogens with zero attached hydrogens (tertiary/aromatic N) is 2. The Kier molecular flexibility index (Phi) is 10.1. The van der Waals surface area contributed by atoms with E-state index in [0.717, 1.165) is 16.0 Å². The van der Waals surface area contributed by atoms with Crippen LogP contribution in [0.4, 0.5) is 10.5 Å². The maximum Gasteiger partial charge on any atom is 0.408 e. The molecule has 0 saturated heterocycles. The number of carbonyl (C=O) groups is 3. The monoisotopic (exact) mass is 508 g/mol. The van der Waals surface area contributed by atoms with Gasteiger partial charge in [0.15, 0.2) is 0 Å². The normalized spacial score (nSPS) is 12.4. The fourth-order valence-electron chi connectivity index (χ4n) is 3.45. The molecule has 0 radical (unpaired) electrons. The Bertz CT molecular complexity index is 1150. The molecule has 2 N–H and O–H groups in total. The van der Waals surface area contributed by atoms with Gasteiger partial charge in [-0.3, -0.25) is 9.59 Å². The molecule has 9 heteroatoms. The maximum absolute atomic E-state index is 13.6. The van der Waals surface area contributed by atoms with Gasteiger partial charge in [0.1, 0.15) is 24.2 Å². The summed E-state index contributed by atoms with van der Waals surface area (Å²) >= 11 is 4.22. The van der Waals surface area contributed by atoms with E-state index in [1.54, 1.807) is 57.2 Å². The van der Waals surface area contributed by atoms with Crippen LogP contribution < -0.4 is 10.6 Å². The van der Waals surface area contributed by atoms with Crippen LogP contribution in [-0.2, 0) is 14.3 Å². The highest BCUT2D eigenvalue weighted by Gasteiger charge is 2.36. The van der Waals surface area contributed by atoms with Gasteiger partial charge < -0.3 is 20.3 Å². The van der Waals surface area contributed by atoms with Gasteiger partial charge in [0.25, 0.3) is 5.91 Å². The van der Waals surface area contributed by atoms with E-state index in [0.29, 0.717) is 11.3 Å². The number of rotatable bonds is 9. The van der Waals surface area contributed by atoms with Crippen molar-refractivity contribution in [1.82, 2.24) is 10.2 Å². The number of alkyl carbamates (subject to hydrolysis) is 1. The van der Waals surface area contributed by atoms with Crippen LogP contribution in [0.15, 0.2) is 55.1 Å². The predicted molar refractivity (Wildman–Crippen MR) is 143 cm³/mol. The molecule has 0 spiro atoms. The highest BCUT2D eigenvalue weighted by atomic mass is 32.1. The first-order chi connectivity index (χ1) is 17.0. The smallest absolute Gasteiger partial charge is 0.408 e. The lowest BCUT2D eigenvalue weighted by atomic mass is 10.00. The molecule has 2 atom stereocenters. The fraction of sp³-hybridized carbons (Fsp3) is 0.333. The molecule has 2 aromatic carbocycles. The zero-order chi connectivity index (χ0) is 26.9. The van der Waals surface area contributed by atoms with Crippen molar-refractivity contribution in [3.05, 3.63) is 71.8 Å². The molecular weight excluding hydrogens is 476 g/mol. The number of anilines is 1. The molecule has 2 aromatic rings. The molecule has 2 unspecified atom stereocenters. The Morgan fingerprint density at radius 3 is 2.47 bits per heavy atom. The van der Waals surface area contributed by atoms with Crippen LogP contribution in [0, 0.1) is 18.3 Å². The highest BCUT2D eigenvalue weighted by molar-refractivity contribution is 7.80. The SMILES string of the molecule is C=Cc1cccc(C(C(=O)Nc2ccccc2C)N(CC#N)C(=O)C(CS)NC(=O)OC(C)(C)C)c1. The van der Waals surface area contributed by atoms with Crippen LogP contribution in [0.25, 0.3) is 6.08 Å². The van der Waals surface area contributed by atoms with Gasteiger partial charge >= 0.3 is 6.09 Å². The lowest BCUT2D eigenvalue weighted by molar-refractivity contribution is -0.139. The van der Waals surface area contributed by atoms with Crippen molar-refractivity contribution in [2.45, 2.75) is 45.4 Å². The van der Waals surface area contributed by atoms with E-state index in [1.165, 1.54) is 0 Å². The first kappa shape index (κ1) is 28.5. The van der Waals surface area contributed by atoms with Gasteiger partial charge in [-0.25, -0.2) is 4.79 Å². The number of hydrogen-bond acceptors (Lipinski definition) is 6. The van der Waals surface area contributed by atoms with Crippen LogP contribution in [-0.4, -0.2) is 46.7 Å². The van der Waals surface area contributed by atoms with E-state index in [9.17, 15) is 19.6 Å². The molecule has 0 aliphatic rings. The van der Waals surface area contributed by atoms with E-state index in [1.807, 2.05) is 31.2 Å². The lowest BCUT2D eigenvalue weighted by Gasteiger charge is -2.32. The fourth-order valence-corrected chi connectivity index (χ4v) is 3.70. The number of carbonyl (C=O) groups excluding carboxylic acids is 3. The predicted octanol–water partition coefficient (Wildman–Crippen LogP) is 4.49. The minimum absolute atomic E-state index is 0.0706. The summed E-state index contributed by atoms with van der Waals surface area (Å²) in [5, 5.41) is 14.9. The van der Waals surface area contributed by atoms with Crippen LogP contribution >= 0.6 is 12.6 Å². The molecule has 3 amide bonds. The Morgan fingerprint density at radius 1 is 1.19 bits per heavy atom. The largest absolute Gasteiger partial charge is 0.444 e. The number of ether oxygens (including phenoxy) is 1. The summed E-state index contributed by atoms with van der Waals surface area (Å²) in [6.07, 6.45) is 0.818. The number of para-hydroxylation sites is 1. The zero-order valence-corrected chi connectivity index (χ0v) is 21.8. The number of hydrogen-bond donors (Lipinski definition) is 3. The Labute approximate surface area is 217 Å². The van der Waals surface area contributed by atoms with Gasteiger partial charge in [-0.15, -0.1) is 0 Å². The average Bonchev–Trinajstić information content (AvgIpc) is 2.82. The van der Waals surface area contributed by atoms with Gasteiger partial charge in [0.2, 0.25) is 5.91 Å². The molecule has 8 nitrogen and oxygen atoms in total. The summed E-state index contributed by atoms with van der Waals surface area (Å²) in [6.45, 7) is 10.3. The van der Waals surface area contributed by atoms with Gasteiger partial charge in [-0.2, -0.15) is 17.9 Å². The van der Waals surface area contributed by atoms with Gasteiger partial charge in [0.05, 0.1) is 6.07 Å². The Morgan fingerprint density at radius 2 is 1.89 bits per heavy atom. The second kappa shape index (κ2) is 12.8. The molecule has 0 aliphatic carbocycles. The second-order valence-electron chi connectivity index (χ2n) is 9.09. The number of benzene rings is 2. The second-order valence-corrected chi connectivity index (χ2v) is 9.45. The van der Waals surface area contributed by atoms with Crippen molar-refractivity contribution in [3.63, 3.8) is 0 Å². The Hall–Kier alpha value is -3.77. The maximum atomic E-state index is 13.6. The first-order valence-corrected chi connectivity index (χ1v) is 12.0. The Balaban J connectivity index is 2.49. The van der Waals surface area contributed by atoms with E-state index in [2.05, 4.69) is 29.8 Å². The van der Waals surface area contributed by atoms with Crippen LogP contribution in [0.2, 0.25) is 0 Å². The van der Waals surface area contributed by atoms with E-state index in [4.69, 9.17) is 4.74 Å². The quantitative estimate of drug-likeness (QED) is 0.341. The molecule has 0 aromatic heterocycles. The van der Waals surface area contributed by atoms with E-state index in [-0.39, 0.29) is 5.75 Å². The van der Waals surface area contributed by atoms with Crippen LogP contribution in [0.3, 0.4) is 0 Å². The summed E-state index contributed by atoms with van der Waals surface area (Å²) < 4.78 is 5.26. The number of nitriles is 1. The molecule has 2 rings (SSSR count). The molecule has 0 heterocycles. The van der Waals surface area contributed by atoms with Crippen molar-refractivity contribution in [2.75, 3.05) is 17.6 Å². The zero-order valence-electron chi connectivity index (χ0n) is 20.9. The van der Waals surface area contributed by atoms with Crippen molar-refractivity contribution in [1.29, 1.82) is 5.26 Å². The molecule has 0 aliphatic heterocycles. The average molecular weight is 509 g/mol. The highest BCUT2D eigenvalue weighted by Crippen LogP contribution is 2.26. The standard InChI is InChI=1S/C27H32N4O4S/c1-6-19-11-9-12-20(16-19)23(24(32)29-21-13-8-7-10-18(21)2)31(15-14-28)25(33)22(17-36)30-26(34)35-27(3,4)5/h6-13,16,22-23,36H,1,15,17H2,2-5H3,(H,29,32)(H,30,34). The third-order valence-electron chi connectivity index (χ3n) is 5.12. The number of nitrogens with one attached hydrogen (secondary N) is 2. The molecule has 0 bridgehead atoms.